The zero-order chi connectivity index (χ0) is 6.91. The normalized spacial score (nSPS) is 21.0. The van der Waals surface area contributed by atoms with Gasteiger partial charge >= 0.3 is 6.18 Å². The molecule has 0 spiro atoms. The number of nitrogens with zero attached hydrogens (tertiary/aromatic N) is 1. The number of hydrogen-bond acceptors (Lipinski definition) is 0. The number of allylic oxidation sites excluding steroid dienone is 1. The summed E-state index contributed by atoms with van der Waals surface area (Å²) in [6, 6.07) is 0. The van der Waals surface area contributed by atoms with E-state index in [9.17, 15) is 13.2 Å². The molecule has 1 rings (SSSR count). The van der Waals surface area contributed by atoms with E-state index in [1.807, 2.05) is 0 Å². The Kier molecular flexibility index (Phi) is 1.78. The standard InChI is InChI=1S/C3HF3NP2/c4-3(5,6)2-1-7-9-8-2/h1H. The highest BCUT2D eigenvalue weighted by molar-refractivity contribution is 7.85. The summed E-state index contributed by atoms with van der Waals surface area (Å²) in [5.74, 6) is 0. The first kappa shape index (κ1) is 7.04. The Balaban J connectivity index is 2.73. The fourth-order valence-corrected chi connectivity index (χ4v) is 2.03. The van der Waals surface area contributed by atoms with Crippen LogP contribution in [0, 0.1) is 0 Å². The van der Waals surface area contributed by atoms with Crippen LogP contribution in [-0.4, -0.2) is 6.18 Å². The maximum atomic E-state index is 11.6. The molecule has 1 nitrogen and oxygen atoms in total. The molecule has 0 bridgehead atoms. The van der Waals surface area contributed by atoms with Crippen LogP contribution < -0.4 is 5.09 Å². The Morgan fingerprint density at radius 1 is 1.44 bits per heavy atom. The van der Waals surface area contributed by atoms with Crippen molar-refractivity contribution in [3.63, 3.8) is 0 Å². The van der Waals surface area contributed by atoms with Crippen molar-refractivity contribution in [2.75, 3.05) is 0 Å². The van der Waals surface area contributed by atoms with Crippen LogP contribution in [0.2, 0.25) is 0 Å². The largest absolute Gasteiger partial charge is 0.422 e. The van der Waals surface area contributed by atoms with Gasteiger partial charge in [-0.2, -0.15) is 13.2 Å². The molecule has 9 heavy (non-hydrogen) atoms. The van der Waals surface area contributed by atoms with E-state index in [1.54, 1.807) is 0 Å². The summed E-state index contributed by atoms with van der Waals surface area (Å²) >= 11 is 0. The molecule has 1 heterocycles. The maximum Gasteiger partial charge on any atom is 0.422 e. The molecule has 0 fully saturated rings. The molecule has 0 aliphatic carbocycles. The molecule has 0 atom stereocenters. The molecular formula is C3HF3NP2. The Bertz CT molecular complexity index is 170. The van der Waals surface area contributed by atoms with Crippen molar-refractivity contribution in [2.45, 2.75) is 6.18 Å². The third kappa shape index (κ3) is 1.67. The van der Waals surface area contributed by atoms with E-state index in [-0.39, 0.29) is 7.87 Å². The lowest BCUT2D eigenvalue weighted by Gasteiger charge is -2.00. The van der Waals surface area contributed by atoms with E-state index in [0.717, 1.165) is 6.20 Å². The van der Waals surface area contributed by atoms with Crippen LogP contribution in [-0.2, 0) is 0 Å². The molecule has 0 aromatic heterocycles. The third-order valence-electron chi connectivity index (χ3n) is 0.675. The number of hydrogen-bond donors (Lipinski definition) is 0. The van der Waals surface area contributed by atoms with Crippen LogP contribution in [0.4, 0.5) is 13.2 Å². The van der Waals surface area contributed by atoms with E-state index in [4.69, 9.17) is 0 Å². The summed E-state index contributed by atoms with van der Waals surface area (Å²) in [5, 5.41) is 2.86. The molecule has 0 saturated heterocycles. The van der Waals surface area contributed by atoms with Gasteiger partial charge in [0.25, 0.3) is 0 Å². The molecule has 6 heteroatoms. The van der Waals surface area contributed by atoms with Crippen LogP contribution in [0.25, 0.3) is 0 Å². The van der Waals surface area contributed by atoms with Gasteiger partial charge in [0.2, 0.25) is 0 Å². The molecule has 0 N–H and O–H groups in total. The monoisotopic (exact) mass is 170 g/mol. The lowest BCUT2D eigenvalue weighted by molar-refractivity contribution is -0.0839. The summed E-state index contributed by atoms with van der Waals surface area (Å²) in [5.41, 5.74) is 0. The Morgan fingerprint density at radius 2 is 2.11 bits per heavy atom. The Morgan fingerprint density at radius 3 is 2.33 bits per heavy atom. The van der Waals surface area contributed by atoms with Crippen LogP contribution in [0.15, 0.2) is 11.5 Å². The van der Waals surface area contributed by atoms with Crippen LogP contribution in [0.3, 0.4) is 0 Å². The Hall–Kier alpha value is -0.0700. The summed E-state index contributed by atoms with van der Waals surface area (Å²) in [4.78, 5) is 0. The number of rotatable bonds is 0. The van der Waals surface area contributed by atoms with Crippen LogP contribution in [0.1, 0.15) is 0 Å². The molecule has 1 aliphatic heterocycles. The predicted molar refractivity (Wildman–Crippen MR) is 30.1 cm³/mol. The molecule has 49 valence electrons. The highest BCUT2D eigenvalue weighted by Gasteiger charge is 2.34. The van der Waals surface area contributed by atoms with Crippen molar-refractivity contribution < 1.29 is 13.2 Å². The van der Waals surface area contributed by atoms with Crippen molar-refractivity contribution in [2.24, 2.45) is 0 Å². The average molecular weight is 170 g/mol. The molecule has 0 aromatic rings. The fraction of sp³-hybridized carbons (Fsp3) is 0.333. The topological polar surface area (TPSA) is 14.1 Å². The van der Waals surface area contributed by atoms with Crippen molar-refractivity contribution in [1.82, 2.24) is 5.09 Å². The number of alkyl halides is 3. The van der Waals surface area contributed by atoms with Crippen molar-refractivity contribution in [3.8, 4) is 0 Å². The van der Waals surface area contributed by atoms with Gasteiger partial charge in [0.05, 0.1) is 8.02 Å². The van der Waals surface area contributed by atoms with E-state index in [0.29, 0.717) is 8.02 Å². The second-order valence-electron chi connectivity index (χ2n) is 1.32. The number of halogens is 3. The van der Waals surface area contributed by atoms with Gasteiger partial charge in [0, 0.05) is 6.20 Å². The zero-order valence-electron chi connectivity index (χ0n) is 4.05. The highest BCUT2D eigenvalue weighted by Crippen LogP contribution is 2.41. The first-order chi connectivity index (χ1) is 4.11. The highest BCUT2D eigenvalue weighted by atomic mass is 31.7. The van der Waals surface area contributed by atoms with Gasteiger partial charge in [-0.25, -0.2) is 5.09 Å². The van der Waals surface area contributed by atoms with Gasteiger partial charge in [-0.3, -0.25) is 0 Å². The molecule has 1 radical (unpaired) electrons. The van der Waals surface area contributed by atoms with Gasteiger partial charge in [0.15, 0.2) is 0 Å². The molecular weight excluding hydrogens is 169 g/mol. The smallest absolute Gasteiger partial charge is 0.230 e. The quantitative estimate of drug-likeness (QED) is 0.496. The van der Waals surface area contributed by atoms with Crippen molar-refractivity contribution in [1.29, 1.82) is 0 Å². The fourth-order valence-electron chi connectivity index (χ4n) is 0.310. The predicted octanol–water partition coefficient (Wildman–Crippen LogP) is 2.73. The van der Waals surface area contributed by atoms with Gasteiger partial charge in [0.1, 0.15) is 5.31 Å². The summed E-state index contributed by atoms with van der Waals surface area (Å²) < 4.78 is 34.9. The zero-order valence-corrected chi connectivity index (χ0v) is 5.84. The SMILES string of the molecule is FC(F)(F)C1=C[N]P=P1. The summed E-state index contributed by atoms with van der Waals surface area (Å²) in [7, 11) is 0.712. The first-order valence-corrected chi connectivity index (χ1v) is 4.43. The molecule has 1 aliphatic rings. The molecule has 0 aromatic carbocycles. The lowest BCUT2D eigenvalue weighted by atomic mass is 10.6. The van der Waals surface area contributed by atoms with Gasteiger partial charge in [-0.05, 0) is 7.87 Å². The molecule has 0 saturated carbocycles. The van der Waals surface area contributed by atoms with E-state index >= 15 is 0 Å². The molecule has 0 amide bonds. The summed E-state index contributed by atoms with van der Waals surface area (Å²) in [6.07, 6.45) is -3.29. The van der Waals surface area contributed by atoms with E-state index in [2.05, 4.69) is 5.09 Å². The maximum absolute atomic E-state index is 11.6. The average Bonchev–Trinajstić information content (AvgIpc) is 2.08. The third-order valence-corrected chi connectivity index (χ3v) is 2.79. The Labute approximate surface area is 52.8 Å². The second-order valence-corrected chi connectivity index (χ2v) is 3.55. The minimum atomic E-state index is -4.17. The van der Waals surface area contributed by atoms with Crippen molar-refractivity contribution in [3.05, 3.63) is 11.5 Å². The minimum absolute atomic E-state index is 0.242. The van der Waals surface area contributed by atoms with Crippen LogP contribution >= 0.6 is 15.9 Å². The first-order valence-electron chi connectivity index (χ1n) is 1.99. The summed E-state index contributed by atoms with van der Waals surface area (Å²) in [6.45, 7) is 0. The second kappa shape index (κ2) is 2.28. The van der Waals surface area contributed by atoms with Gasteiger partial charge in [-0.15, -0.1) is 0 Å². The lowest BCUT2D eigenvalue weighted by Crippen LogP contribution is -2.06. The minimum Gasteiger partial charge on any atom is -0.230 e. The van der Waals surface area contributed by atoms with Crippen LogP contribution in [0.5, 0.6) is 0 Å². The van der Waals surface area contributed by atoms with E-state index < -0.39 is 11.5 Å². The van der Waals surface area contributed by atoms with Crippen molar-refractivity contribution >= 4 is 15.9 Å². The molecule has 0 unspecified atom stereocenters. The van der Waals surface area contributed by atoms with Gasteiger partial charge in [-0.1, -0.05) is 0 Å². The van der Waals surface area contributed by atoms with Gasteiger partial charge < -0.3 is 0 Å². The van der Waals surface area contributed by atoms with E-state index in [1.165, 1.54) is 0 Å².